The molecular weight excluding hydrogens is 320 g/mol. The Labute approximate surface area is 137 Å². The van der Waals surface area contributed by atoms with Gasteiger partial charge in [-0.15, -0.1) is 10.2 Å². The van der Waals surface area contributed by atoms with Crippen LogP contribution in [0.15, 0.2) is 58.2 Å². The van der Waals surface area contributed by atoms with E-state index in [2.05, 4.69) is 10.2 Å². The Morgan fingerprint density at radius 1 is 1.14 bits per heavy atom. The summed E-state index contributed by atoms with van der Waals surface area (Å²) in [7, 11) is 1.63. The molecule has 0 saturated heterocycles. The summed E-state index contributed by atoms with van der Waals surface area (Å²) in [6, 6.07) is 15.2. The van der Waals surface area contributed by atoms with Gasteiger partial charge in [-0.3, -0.25) is 0 Å². The monoisotopic (exact) mass is 332 g/mol. The van der Waals surface area contributed by atoms with Crippen molar-refractivity contribution in [2.24, 2.45) is 0 Å². The van der Waals surface area contributed by atoms with Gasteiger partial charge in [-0.1, -0.05) is 41.6 Å². The van der Waals surface area contributed by atoms with Crippen molar-refractivity contribution in [1.82, 2.24) is 10.2 Å². The smallest absolute Gasteiger partial charge is 0.277 e. The summed E-state index contributed by atoms with van der Waals surface area (Å²) in [5.41, 5.74) is 1.99. The Balaban J connectivity index is 1.69. The Kier molecular flexibility index (Phi) is 4.65. The fourth-order valence-corrected chi connectivity index (χ4v) is 2.71. The van der Waals surface area contributed by atoms with Crippen LogP contribution in [0.25, 0.3) is 11.5 Å². The molecule has 0 aliphatic rings. The van der Waals surface area contributed by atoms with Crippen molar-refractivity contribution in [2.45, 2.75) is 11.0 Å². The molecule has 3 rings (SSSR count). The number of hydrogen-bond donors (Lipinski definition) is 0. The Morgan fingerprint density at radius 2 is 1.95 bits per heavy atom. The van der Waals surface area contributed by atoms with Crippen LogP contribution < -0.4 is 4.74 Å². The molecule has 0 spiro atoms. The van der Waals surface area contributed by atoms with Crippen molar-refractivity contribution in [2.75, 3.05) is 7.11 Å². The SMILES string of the molecule is COc1cccc(-c2nnc(SCc3ccc(Cl)cc3)o2)c1. The predicted molar refractivity (Wildman–Crippen MR) is 87.3 cm³/mol. The van der Waals surface area contributed by atoms with Crippen LogP contribution in [0, 0.1) is 0 Å². The molecule has 1 heterocycles. The van der Waals surface area contributed by atoms with E-state index in [9.17, 15) is 0 Å². The Morgan fingerprint density at radius 3 is 2.73 bits per heavy atom. The molecule has 0 bridgehead atoms. The third kappa shape index (κ3) is 3.61. The second kappa shape index (κ2) is 6.85. The minimum absolute atomic E-state index is 0.484. The van der Waals surface area contributed by atoms with Crippen LogP contribution in [-0.2, 0) is 5.75 Å². The lowest BCUT2D eigenvalue weighted by atomic mass is 10.2. The molecule has 112 valence electrons. The molecule has 0 saturated carbocycles. The third-order valence-corrected chi connectivity index (χ3v) is 4.14. The molecule has 6 heteroatoms. The van der Waals surface area contributed by atoms with E-state index in [-0.39, 0.29) is 0 Å². The van der Waals surface area contributed by atoms with E-state index in [1.165, 1.54) is 11.8 Å². The summed E-state index contributed by atoms with van der Waals surface area (Å²) >= 11 is 7.36. The minimum atomic E-state index is 0.484. The van der Waals surface area contributed by atoms with Gasteiger partial charge in [0, 0.05) is 16.3 Å². The Hall–Kier alpha value is -1.98. The predicted octanol–water partition coefficient (Wildman–Crippen LogP) is 4.69. The molecule has 0 aliphatic heterocycles. The van der Waals surface area contributed by atoms with Crippen molar-refractivity contribution in [3.63, 3.8) is 0 Å². The van der Waals surface area contributed by atoms with E-state index in [0.717, 1.165) is 27.7 Å². The molecule has 0 aliphatic carbocycles. The normalized spacial score (nSPS) is 10.6. The number of benzene rings is 2. The average Bonchev–Trinajstić information content (AvgIpc) is 3.03. The van der Waals surface area contributed by atoms with Crippen molar-refractivity contribution in [3.05, 3.63) is 59.1 Å². The zero-order chi connectivity index (χ0) is 15.4. The summed E-state index contributed by atoms with van der Waals surface area (Å²) in [5, 5.41) is 9.40. The van der Waals surface area contributed by atoms with Crippen molar-refractivity contribution >= 4 is 23.4 Å². The fourth-order valence-electron chi connectivity index (χ4n) is 1.87. The van der Waals surface area contributed by atoms with Gasteiger partial charge in [0.2, 0.25) is 5.89 Å². The molecule has 0 atom stereocenters. The van der Waals surface area contributed by atoms with Crippen LogP contribution in [0.3, 0.4) is 0 Å². The molecule has 0 amide bonds. The maximum absolute atomic E-state index is 5.87. The van der Waals surface area contributed by atoms with E-state index in [1.807, 2.05) is 48.5 Å². The topological polar surface area (TPSA) is 48.2 Å². The first-order valence-corrected chi connectivity index (χ1v) is 7.96. The van der Waals surface area contributed by atoms with Gasteiger partial charge >= 0.3 is 0 Å². The quantitative estimate of drug-likeness (QED) is 0.634. The molecule has 22 heavy (non-hydrogen) atoms. The van der Waals surface area contributed by atoms with Gasteiger partial charge < -0.3 is 9.15 Å². The lowest BCUT2D eigenvalue weighted by Gasteiger charge is -2.00. The maximum Gasteiger partial charge on any atom is 0.277 e. The zero-order valence-corrected chi connectivity index (χ0v) is 13.4. The fraction of sp³-hybridized carbons (Fsp3) is 0.125. The number of ether oxygens (including phenoxy) is 1. The van der Waals surface area contributed by atoms with Crippen LogP contribution >= 0.6 is 23.4 Å². The molecule has 2 aromatic carbocycles. The lowest BCUT2D eigenvalue weighted by Crippen LogP contribution is -1.83. The molecule has 1 aromatic heterocycles. The highest BCUT2D eigenvalue weighted by Crippen LogP contribution is 2.27. The largest absolute Gasteiger partial charge is 0.497 e. The van der Waals surface area contributed by atoms with Gasteiger partial charge in [0.05, 0.1) is 7.11 Å². The van der Waals surface area contributed by atoms with Crippen LogP contribution in [0.4, 0.5) is 0 Å². The summed E-state index contributed by atoms with van der Waals surface area (Å²) in [5.74, 6) is 1.99. The summed E-state index contributed by atoms with van der Waals surface area (Å²) in [4.78, 5) is 0. The molecule has 4 nitrogen and oxygen atoms in total. The number of halogens is 1. The first-order chi connectivity index (χ1) is 10.7. The zero-order valence-electron chi connectivity index (χ0n) is 11.8. The second-order valence-corrected chi connectivity index (χ2v) is 5.88. The van der Waals surface area contributed by atoms with E-state index in [0.29, 0.717) is 11.1 Å². The van der Waals surface area contributed by atoms with Gasteiger partial charge in [-0.05, 0) is 35.9 Å². The van der Waals surface area contributed by atoms with Crippen LogP contribution in [0.1, 0.15) is 5.56 Å². The van der Waals surface area contributed by atoms with Gasteiger partial charge in [0.25, 0.3) is 5.22 Å². The highest BCUT2D eigenvalue weighted by Gasteiger charge is 2.10. The molecule has 0 unspecified atom stereocenters. The molecule has 0 fully saturated rings. The standard InChI is InChI=1S/C16H13ClN2O2S/c1-20-14-4-2-3-12(9-14)15-18-19-16(21-15)22-10-11-5-7-13(17)8-6-11/h2-9H,10H2,1H3. The molecule has 0 radical (unpaired) electrons. The summed E-state index contributed by atoms with van der Waals surface area (Å²) in [6.07, 6.45) is 0. The second-order valence-electron chi connectivity index (χ2n) is 4.52. The van der Waals surface area contributed by atoms with Crippen LogP contribution in [-0.4, -0.2) is 17.3 Å². The number of nitrogens with zero attached hydrogens (tertiary/aromatic N) is 2. The average molecular weight is 333 g/mol. The molecule has 0 N–H and O–H groups in total. The van der Waals surface area contributed by atoms with E-state index >= 15 is 0 Å². The highest BCUT2D eigenvalue weighted by atomic mass is 35.5. The van der Waals surface area contributed by atoms with E-state index in [1.54, 1.807) is 7.11 Å². The Bertz CT molecular complexity index is 759. The van der Waals surface area contributed by atoms with Gasteiger partial charge in [0.15, 0.2) is 0 Å². The van der Waals surface area contributed by atoms with Crippen molar-refractivity contribution < 1.29 is 9.15 Å². The first-order valence-electron chi connectivity index (χ1n) is 6.60. The van der Waals surface area contributed by atoms with Crippen LogP contribution in [0.2, 0.25) is 5.02 Å². The van der Waals surface area contributed by atoms with Gasteiger partial charge in [-0.25, -0.2) is 0 Å². The minimum Gasteiger partial charge on any atom is -0.497 e. The lowest BCUT2D eigenvalue weighted by molar-refractivity contribution is 0.414. The van der Waals surface area contributed by atoms with Gasteiger partial charge in [0.1, 0.15) is 5.75 Å². The number of rotatable bonds is 5. The number of hydrogen-bond acceptors (Lipinski definition) is 5. The van der Waals surface area contributed by atoms with E-state index in [4.69, 9.17) is 20.8 Å². The molecule has 3 aromatic rings. The molecular formula is C16H13ClN2O2S. The third-order valence-electron chi connectivity index (χ3n) is 3.00. The van der Waals surface area contributed by atoms with Crippen molar-refractivity contribution in [3.8, 4) is 17.2 Å². The number of aromatic nitrogens is 2. The highest BCUT2D eigenvalue weighted by molar-refractivity contribution is 7.98. The number of methoxy groups -OCH3 is 1. The van der Waals surface area contributed by atoms with E-state index < -0.39 is 0 Å². The van der Waals surface area contributed by atoms with Crippen LogP contribution in [0.5, 0.6) is 5.75 Å². The summed E-state index contributed by atoms with van der Waals surface area (Å²) in [6.45, 7) is 0. The maximum atomic E-state index is 5.87. The summed E-state index contributed by atoms with van der Waals surface area (Å²) < 4.78 is 10.9. The van der Waals surface area contributed by atoms with Crippen molar-refractivity contribution in [1.29, 1.82) is 0 Å². The van der Waals surface area contributed by atoms with Gasteiger partial charge in [-0.2, -0.15) is 0 Å². The first kappa shape index (κ1) is 14.9. The number of thioether (sulfide) groups is 1.